The van der Waals surface area contributed by atoms with Crippen LogP contribution in [0.1, 0.15) is 10.6 Å². The predicted molar refractivity (Wildman–Crippen MR) is 115 cm³/mol. The van der Waals surface area contributed by atoms with Crippen LogP contribution in [-0.2, 0) is 0 Å². The number of benzene rings is 1. The first kappa shape index (κ1) is 19.8. The molecule has 0 spiro atoms. The second-order valence-corrected chi connectivity index (χ2v) is 7.19. The molecule has 0 aliphatic carbocycles. The third-order valence-corrected chi connectivity index (χ3v) is 4.95. The molecule has 30 heavy (non-hydrogen) atoms. The van der Waals surface area contributed by atoms with Crippen LogP contribution in [0.25, 0.3) is 0 Å². The number of furan rings is 1. The second-order valence-electron chi connectivity index (χ2n) is 6.75. The van der Waals surface area contributed by atoms with Crippen LogP contribution in [0, 0.1) is 0 Å². The van der Waals surface area contributed by atoms with Crippen LogP contribution in [0.4, 0.5) is 22.0 Å². The molecule has 4 rings (SSSR count). The molecule has 2 aromatic heterocycles. The zero-order chi connectivity index (χ0) is 20.9. The Hall–Kier alpha value is -3.52. The first-order valence-corrected chi connectivity index (χ1v) is 9.84. The molecule has 0 unspecified atom stereocenters. The molecule has 3 aromatic rings. The van der Waals surface area contributed by atoms with Gasteiger partial charge in [0.1, 0.15) is 5.82 Å². The number of pyridine rings is 1. The van der Waals surface area contributed by atoms with Gasteiger partial charge in [-0.2, -0.15) is 0 Å². The zero-order valence-corrected chi connectivity index (χ0v) is 16.8. The molecule has 0 radical (unpaired) electrons. The highest BCUT2D eigenvalue weighted by molar-refractivity contribution is 6.30. The second kappa shape index (κ2) is 8.87. The topological polar surface area (TPSA) is 90.7 Å². The van der Waals surface area contributed by atoms with Crippen molar-refractivity contribution in [2.24, 2.45) is 0 Å². The standard InChI is InChI=1S/C21H20ClN5O3/c22-15-3-1-4-16(13-15)24-21(29)25-17-6-7-19(23-14-17)26-8-10-27(11-9-26)20(28)18-5-2-12-30-18/h1-7,12-14H,8-11H2,(H2,24,25,29). The van der Waals surface area contributed by atoms with Gasteiger partial charge < -0.3 is 24.9 Å². The Labute approximate surface area is 178 Å². The largest absolute Gasteiger partial charge is 0.459 e. The minimum Gasteiger partial charge on any atom is -0.459 e. The number of carbonyl (C=O) groups excluding carboxylic acids is 2. The van der Waals surface area contributed by atoms with Gasteiger partial charge in [0.15, 0.2) is 5.76 Å². The van der Waals surface area contributed by atoms with Gasteiger partial charge in [0.25, 0.3) is 5.91 Å². The Morgan fingerprint density at radius 1 is 0.967 bits per heavy atom. The summed E-state index contributed by atoms with van der Waals surface area (Å²) in [4.78, 5) is 32.8. The molecule has 1 aliphatic rings. The van der Waals surface area contributed by atoms with E-state index in [1.54, 1.807) is 53.6 Å². The van der Waals surface area contributed by atoms with E-state index in [9.17, 15) is 9.59 Å². The number of carbonyl (C=O) groups is 2. The van der Waals surface area contributed by atoms with Crippen LogP contribution in [0.2, 0.25) is 5.02 Å². The first-order valence-electron chi connectivity index (χ1n) is 9.46. The van der Waals surface area contributed by atoms with Crippen molar-refractivity contribution < 1.29 is 14.0 Å². The van der Waals surface area contributed by atoms with Crippen molar-refractivity contribution in [1.82, 2.24) is 9.88 Å². The number of hydrogen-bond acceptors (Lipinski definition) is 5. The normalized spacial score (nSPS) is 13.8. The van der Waals surface area contributed by atoms with E-state index in [0.29, 0.717) is 48.3 Å². The minimum absolute atomic E-state index is 0.0992. The lowest BCUT2D eigenvalue weighted by Gasteiger charge is -2.35. The fourth-order valence-electron chi connectivity index (χ4n) is 3.20. The number of amides is 3. The van der Waals surface area contributed by atoms with Crippen LogP contribution >= 0.6 is 11.6 Å². The fourth-order valence-corrected chi connectivity index (χ4v) is 3.39. The first-order chi connectivity index (χ1) is 14.6. The zero-order valence-electron chi connectivity index (χ0n) is 16.0. The third kappa shape index (κ3) is 4.72. The summed E-state index contributed by atoms with van der Waals surface area (Å²) in [7, 11) is 0. The van der Waals surface area contributed by atoms with Crippen LogP contribution in [0.3, 0.4) is 0 Å². The quantitative estimate of drug-likeness (QED) is 0.660. The Morgan fingerprint density at radius 3 is 2.43 bits per heavy atom. The maximum Gasteiger partial charge on any atom is 0.323 e. The molecule has 0 bridgehead atoms. The van der Waals surface area contributed by atoms with Crippen molar-refractivity contribution in [1.29, 1.82) is 0 Å². The van der Waals surface area contributed by atoms with E-state index in [0.717, 1.165) is 5.82 Å². The maximum atomic E-state index is 12.3. The van der Waals surface area contributed by atoms with Gasteiger partial charge in [-0.25, -0.2) is 9.78 Å². The Balaban J connectivity index is 1.29. The molecule has 154 valence electrons. The number of rotatable bonds is 4. The number of aromatic nitrogens is 1. The molecule has 0 atom stereocenters. The van der Waals surface area contributed by atoms with Gasteiger partial charge in [0.05, 0.1) is 18.1 Å². The van der Waals surface area contributed by atoms with Gasteiger partial charge in [-0.1, -0.05) is 17.7 Å². The minimum atomic E-state index is -0.378. The van der Waals surface area contributed by atoms with Gasteiger partial charge in [0, 0.05) is 36.9 Å². The summed E-state index contributed by atoms with van der Waals surface area (Å²) in [5, 5.41) is 6.00. The SMILES string of the molecule is O=C(Nc1ccc(N2CCN(C(=O)c3ccco3)CC2)nc1)Nc1cccc(Cl)c1. The molecule has 1 aliphatic heterocycles. The number of hydrogen-bond donors (Lipinski definition) is 2. The summed E-state index contributed by atoms with van der Waals surface area (Å²) in [6.07, 6.45) is 3.10. The number of halogens is 1. The van der Waals surface area contributed by atoms with Crippen molar-refractivity contribution >= 4 is 40.7 Å². The van der Waals surface area contributed by atoms with Crippen molar-refractivity contribution in [3.05, 3.63) is 71.8 Å². The maximum absolute atomic E-state index is 12.3. The Bertz CT molecular complexity index is 1020. The van der Waals surface area contributed by atoms with Crippen molar-refractivity contribution in [3.63, 3.8) is 0 Å². The van der Waals surface area contributed by atoms with E-state index in [1.165, 1.54) is 6.26 Å². The number of nitrogens with one attached hydrogen (secondary N) is 2. The van der Waals surface area contributed by atoms with Gasteiger partial charge in [-0.15, -0.1) is 0 Å². The molecule has 2 N–H and O–H groups in total. The van der Waals surface area contributed by atoms with E-state index < -0.39 is 0 Å². The highest BCUT2D eigenvalue weighted by Crippen LogP contribution is 2.18. The van der Waals surface area contributed by atoms with Gasteiger partial charge >= 0.3 is 6.03 Å². The smallest absolute Gasteiger partial charge is 0.323 e. The number of nitrogens with zero attached hydrogens (tertiary/aromatic N) is 3. The summed E-state index contributed by atoms with van der Waals surface area (Å²) < 4.78 is 5.18. The molecule has 1 aromatic carbocycles. The van der Waals surface area contributed by atoms with Crippen molar-refractivity contribution in [3.8, 4) is 0 Å². The van der Waals surface area contributed by atoms with Crippen molar-refractivity contribution in [2.75, 3.05) is 41.7 Å². The molecule has 1 saturated heterocycles. The average molecular weight is 426 g/mol. The highest BCUT2D eigenvalue weighted by Gasteiger charge is 2.24. The summed E-state index contributed by atoms with van der Waals surface area (Å²) >= 11 is 5.92. The lowest BCUT2D eigenvalue weighted by molar-refractivity contribution is 0.0714. The molecule has 3 heterocycles. The van der Waals surface area contributed by atoms with Crippen molar-refractivity contribution in [2.45, 2.75) is 0 Å². The van der Waals surface area contributed by atoms with E-state index in [4.69, 9.17) is 16.0 Å². The average Bonchev–Trinajstić information content (AvgIpc) is 3.29. The Kier molecular flexibility index (Phi) is 5.85. The lowest BCUT2D eigenvalue weighted by Crippen LogP contribution is -2.49. The van der Waals surface area contributed by atoms with Gasteiger partial charge in [-0.05, 0) is 42.5 Å². The number of piperazine rings is 1. The van der Waals surface area contributed by atoms with E-state index in [-0.39, 0.29) is 11.9 Å². The van der Waals surface area contributed by atoms with Gasteiger partial charge in [-0.3, -0.25) is 4.79 Å². The number of urea groups is 1. The van der Waals surface area contributed by atoms with E-state index >= 15 is 0 Å². The molecule has 9 heteroatoms. The van der Waals surface area contributed by atoms with E-state index in [2.05, 4.69) is 20.5 Å². The summed E-state index contributed by atoms with van der Waals surface area (Å²) in [6, 6.07) is 13.6. The van der Waals surface area contributed by atoms with Crippen LogP contribution < -0.4 is 15.5 Å². The third-order valence-electron chi connectivity index (χ3n) is 4.71. The van der Waals surface area contributed by atoms with Crippen LogP contribution in [0.5, 0.6) is 0 Å². The molecular weight excluding hydrogens is 406 g/mol. The highest BCUT2D eigenvalue weighted by atomic mass is 35.5. The summed E-state index contributed by atoms with van der Waals surface area (Å²) in [5.41, 5.74) is 1.18. The predicted octanol–water partition coefficient (Wildman–Crippen LogP) is 3.93. The number of anilines is 3. The summed E-state index contributed by atoms with van der Waals surface area (Å²) in [6.45, 7) is 2.51. The lowest BCUT2D eigenvalue weighted by atomic mass is 10.2. The van der Waals surface area contributed by atoms with E-state index in [1.807, 2.05) is 6.07 Å². The monoisotopic (exact) mass is 425 g/mol. The molecule has 0 saturated carbocycles. The Morgan fingerprint density at radius 2 is 1.77 bits per heavy atom. The molecule has 1 fully saturated rings. The molecular formula is C21H20ClN5O3. The molecule has 3 amide bonds. The van der Waals surface area contributed by atoms with Crippen LogP contribution in [-0.4, -0.2) is 48.0 Å². The fraction of sp³-hybridized carbons (Fsp3) is 0.190. The molecule has 8 nitrogen and oxygen atoms in total. The van der Waals surface area contributed by atoms with Crippen LogP contribution in [0.15, 0.2) is 65.4 Å². The van der Waals surface area contributed by atoms with Gasteiger partial charge in [0.2, 0.25) is 0 Å². The summed E-state index contributed by atoms with van der Waals surface area (Å²) in [5.74, 6) is 1.05.